The molecular formula is C24H28N2O7S. The van der Waals surface area contributed by atoms with Gasteiger partial charge in [0.05, 0.1) is 18.6 Å². The number of benzene rings is 2. The quantitative estimate of drug-likeness (QED) is 0.441. The highest BCUT2D eigenvalue weighted by molar-refractivity contribution is 7.85. The zero-order valence-electron chi connectivity index (χ0n) is 18.8. The van der Waals surface area contributed by atoms with E-state index in [1.807, 2.05) is 36.4 Å². The molecule has 3 aromatic rings. The van der Waals surface area contributed by atoms with E-state index in [2.05, 4.69) is 4.90 Å². The predicted molar refractivity (Wildman–Crippen MR) is 126 cm³/mol. The third-order valence-electron chi connectivity index (χ3n) is 5.96. The van der Waals surface area contributed by atoms with Crippen LogP contribution in [0.4, 0.5) is 0 Å². The van der Waals surface area contributed by atoms with Crippen molar-refractivity contribution in [1.82, 2.24) is 9.80 Å². The van der Waals surface area contributed by atoms with Crippen LogP contribution in [0.25, 0.3) is 11.0 Å². The van der Waals surface area contributed by atoms with Gasteiger partial charge in [-0.3, -0.25) is 14.2 Å². The topological polar surface area (TPSA) is 121 Å². The molecule has 2 heterocycles. The number of hydrogen-bond acceptors (Lipinski definition) is 7. The number of carbonyl (C=O) groups is 1. The summed E-state index contributed by atoms with van der Waals surface area (Å²) in [6.45, 7) is 1.71. The van der Waals surface area contributed by atoms with Crippen LogP contribution < -0.4 is 4.74 Å². The smallest absolute Gasteiger partial charge is 0.300 e. The zero-order chi connectivity index (χ0) is 24.3. The molecule has 1 amide bonds. The molecule has 34 heavy (non-hydrogen) atoms. The first-order valence-electron chi connectivity index (χ1n) is 11.0. The number of fused-ring (bicyclic) bond motifs is 1. The maximum Gasteiger partial charge on any atom is 0.300 e. The molecule has 0 radical (unpaired) electrons. The van der Waals surface area contributed by atoms with Crippen LogP contribution >= 0.6 is 0 Å². The number of amides is 1. The minimum atomic E-state index is -4.29. The van der Waals surface area contributed by atoms with E-state index in [9.17, 15) is 18.3 Å². The van der Waals surface area contributed by atoms with Crippen molar-refractivity contribution in [2.75, 3.05) is 32.6 Å². The Morgan fingerprint density at radius 1 is 1.24 bits per heavy atom. The van der Waals surface area contributed by atoms with Gasteiger partial charge < -0.3 is 19.2 Å². The van der Waals surface area contributed by atoms with Gasteiger partial charge in [-0.15, -0.1) is 0 Å². The van der Waals surface area contributed by atoms with E-state index in [4.69, 9.17) is 13.7 Å². The zero-order valence-corrected chi connectivity index (χ0v) is 19.6. The fraction of sp³-hybridized carbons (Fsp3) is 0.375. The second kappa shape index (κ2) is 10.1. The fourth-order valence-corrected chi connectivity index (χ4v) is 4.48. The summed E-state index contributed by atoms with van der Waals surface area (Å²) in [5.74, 6) is -0.174. The molecule has 2 N–H and O–H groups in total. The van der Waals surface area contributed by atoms with Gasteiger partial charge in [0.15, 0.2) is 0 Å². The largest absolute Gasteiger partial charge is 0.475 e. The third-order valence-corrected chi connectivity index (χ3v) is 6.37. The van der Waals surface area contributed by atoms with Crippen LogP contribution in [-0.2, 0) is 21.3 Å². The lowest BCUT2D eigenvalue weighted by Gasteiger charge is -2.32. The fourth-order valence-electron chi connectivity index (χ4n) is 4.20. The van der Waals surface area contributed by atoms with E-state index in [0.717, 1.165) is 16.5 Å². The number of aliphatic hydroxyl groups is 1. The lowest BCUT2D eigenvalue weighted by Crippen LogP contribution is -2.39. The van der Waals surface area contributed by atoms with Gasteiger partial charge in [0.2, 0.25) is 11.8 Å². The predicted octanol–water partition coefficient (Wildman–Crippen LogP) is 2.47. The second-order valence-corrected chi connectivity index (χ2v) is 9.97. The molecular weight excluding hydrogens is 460 g/mol. The molecule has 1 fully saturated rings. The van der Waals surface area contributed by atoms with Gasteiger partial charge in [-0.25, -0.2) is 0 Å². The summed E-state index contributed by atoms with van der Waals surface area (Å²) < 4.78 is 42.1. The van der Waals surface area contributed by atoms with Gasteiger partial charge in [-0.1, -0.05) is 30.3 Å². The van der Waals surface area contributed by atoms with Crippen molar-refractivity contribution in [3.8, 4) is 5.75 Å². The van der Waals surface area contributed by atoms with E-state index >= 15 is 0 Å². The Kier molecular flexibility index (Phi) is 7.22. The van der Waals surface area contributed by atoms with Gasteiger partial charge >= 0.3 is 10.1 Å². The Bertz CT molecular complexity index is 1220. The van der Waals surface area contributed by atoms with E-state index in [0.29, 0.717) is 31.8 Å². The van der Waals surface area contributed by atoms with Crippen LogP contribution in [0, 0.1) is 0 Å². The summed E-state index contributed by atoms with van der Waals surface area (Å²) in [4.78, 5) is 17.0. The Morgan fingerprint density at radius 2 is 2.03 bits per heavy atom. The van der Waals surface area contributed by atoms with Crippen molar-refractivity contribution >= 4 is 27.0 Å². The highest BCUT2D eigenvalue weighted by atomic mass is 32.2. The molecule has 0 bridgehead atoms. The number of ether oxygens (including phenoxy) is 1. The summed E-state index contributed by atoms with van der Waals surface area (Å²) in [5.41, 5.74) is 1.47. The maximum absolute atomic E-state index is 13.2. The van der Waals surface area contributed by atoms with Crippen LogP contribution in [0.3, 0.4) is 0 Å². The van der Waals surface area contributed by atoms with Gasteiger partial charge in [-0.05, 0) is 36.2 Å². The normalized spacial score (nSPS) is 17.7. The van der Waals surface area contributed by atoms with Crippen molar-refractivity contribution < 1.29 is 32.0 Å². The molecule has 10 heteroatoms. The van der Waals surface area contributed by atoms with Crippen LogP contribution in [0.5, 0.6) is 5.75 Å². The lowest BCUT2D eigenvalue weighted by molar-refractivity contribution is -0.132. The van der Waals surface area contributed by atoms with Gasteiger partial charge in [-0.2, -0.15) is 8.42 Å². The molecule has 0 aliphatic carbocycles. The molecule has 1 aliphatic rings. The molecule has 0 spiro atoms. The van der Waals surface area contributed by atoms with Gasteiger partial charge in [0, 0.05) is 32.1 Å². The molecule has 0 saturated carbocycles. The second-order valence-electron chi connectivity index (χ2n) is 8.57. The van der Waals surface area contributed by atoms with E-state index < -0.39 is 22.2 Å². The maximum atomic E-state index is 13.2. The highest BCUT2D eigenvalue weighted by Crippen LogP contribution is 2.28. The third kappa shape index (κ3) is 6.15. The highest BCUT2D eigenvalue weighted by Gasteiger charge is 2.29. The van der Waals surface area contributed by atoms with Crippen LogP contribution in [0.2, 0.25) is 0 Å². The number of rotatable bonds is 9. The molecule has 9 nitrogen and oxygen atoms in total. The minimum absolute atomic E-state index is 0.0866. The monoisotopic (exact) mass is 488 g/mol. The molecule has 4 rings (SSSR count). The summed E-state index contributed by atoms with van der Waals surface area (Å²) in [5, 5.41) is 10.9. The number of likely N-dealkylation sites (tertiary alicyclic amines) is 1. The number of nitrogens with zero attached hydrogens (tertiary/aromatic N) is 2. The Balaban J connectivity index is 1.55. The molecule has 2 aromatic carbocycles. The first-order valence-corrected chi connectivity index (χ1v) is 12.6. The number of para-hydroxylation sites is 1. The number of hydrogen-bond donors (Lipinski definition) is 2. The summed E-state index contributed by atoms with van der Waals surface area (Å²) >= 11 is 0. The summed E-state index contributed by atoms with van der Waals surface area (Å²) in [6, 6.07) is 15.8. The van der Waals surface area contributed by atoms with E-state index in [1.165, 1.54) is 0 Å². The molecule has 2 atom stereocenters. The minimum Gasteiger partial charge on any atom is -0.475 e. The first-order chi connectivity index (χ1) is 16.2. The summed E-state index contributed by atoms with van der Waals surface area (Å²) in [7, 11) is -2.57. The Morgan fingerprint density at radius 3 is 2.74 bits per heavy atom. The molecule has 1 aromatic heterocycles. The van der Waals surface area contributed by atoms with Gasteiger partial charge in [0.1, 0.15) is 17.1 Å². The number of furan rings is 1. The number of likely N-dealkylation sites (N-methyl/N-ethyl adjacent to an activating group) is 1. The first kappa shape index (κ1) is 24.2. The van der Waals surface area contributed by atoms with Crippen molar-refractivity contribution in [2.45, 2.75) is 25.0 Å². The number of β-amino-alcohol motifs (C(OH)–C–C–N with tert-alkyl or cyclic N) is 1. The standard InChI is InChI=1S/C24H28N2O7S/c1-25(24(28)13-21-12-18-5-2-3-8-23(18)33-21)22(15-26-10-9-19(27)14-26)17-6-4-7-20(11-17)32-16-34(29,30)31/h2-8,11-12,19,22,27H,9-10,13-16H2,1H3,(H,29,30,31)/t19-,22+/m0/s1. The SMILES string of the molecule is CN(C(=O)Cc1cc2ccccc2o1)[C@H](CN1CC[C@H](O)C1)c1cccc(OCS(=O)(=O)O)c1. The lowest BCUT2D eigenvalue weighted by atomic mass is 10.0. The molecule has 1 aliphatic heterocycles. The van der Waals surface area contributed by atoms with Crippen molar-refractivity contribution in [3.63, 3.8) is 0 Å². The average Bonchev–Trinajstić information content (AvgIpc) is 3.40. The van der Waals surface area contributed by atoms with Crippen LogP contribution in [0.15, 0.2) is 59.0 Å². The molecule has 182 valence electrons. The van der Waals surface area contributed by atoms with E-state index in [-0.39, 0.29) is 24.1 Å². The molecule has 1 saturated heterocycles. The average molecular weight is 489 g/mol. The summed E-state index contributed by atoms with van der Waals surface area (Å²) in [6.07, 6.45) is 0.353. The van der Waals surface area contributed by atoms with Crippen molar-refractivity contribution in [1.29, 1.82) is 0 Å². The van der Waals surface area contributed by atoms with Crippen LogP contribution in [0.1, 0.15) is 23.8 Å². The van der Waals surface area contributed by atoms with E-state index in [1.54, 1.807) is 30.1 Å². The Labute approximate surface area is 198 Å². The Hall–Kier alpha value is -2.92. The molecule has 0 unspecified atom stereocenters. The number of aliphatic hydroxyl groups excluding tert-OH is 1. The number of carbonyl (C=O) groups excluding carboxylic acids is 1. The van der Waals surface area contributed by atoms with Gasteiger partial charge in [0.25, 0.3) is 0 Å². The van der Waals surface area contributed by atoms with Crippen molar-refractivity contribution in [3.05, 3.63) is 65.9 Å². The van der Waals surface area contributed by atoms with Crippen molar-refractivity contribution in [2.24, 2.45) is 0 Å². The van der Waals surface area contributed by atoms with Crippen LogP contribution in [-0.4, -0.2) is 72.5 Å².